The molecular formula is C19H21ClN4O4. The molecule has 3 rings (SSSR count). The SMILES string of the molecule is COc1ccc(Cn2c(=O)c(=O)[nH]c3c(Cl)nc(C(C)(C)C)nc32)c(OC)c1. The van der Waals surface area contributed by atoms with Crippen LogP contribution in [-0.2, 0) is 12.0 Å². The first-order chi connectivity index (χ1) is 13.2. The maximum Gasteiger partial charge on any atom is 0.318 e. The van der Waals surface area contributed by atoms with E-state index >= 15 is 0 Å². The first-order valence-corrected chi connectivity index (χ1v) is 8.95. The summed E-state index contributed by atoms with van der Waals surface area (Å²) in [5, 5.41) is 0.0856. The van der Waals surface area contributed by atoms with Crippen molar-refractivity contribution in [2.75, 3.05) is 14.2 Å². The maximum absolute atomic E-state index is 12.6. The highest BCUT2D eigenvalue weighted by molar-refractivity contribution is 6.33. The molecule has 0 amide bonds. The first kappa shape index (κ1) is 19.9. The van der Waals surface area contributed by atoms with Gasteiger partial charge in [-0.15, -0.1) is 0 Å². The van der Waals surface area contributed by atoms with Crippen molar-refractivity contribution < 1.29 is 9.47 Å². The highest BCUT2D eigenvalue weighted by Gasteiger charge is 2.22. The predicted molar refractivity (Wildman–Crippen MR) is 107 cm³/mol. The molecule has 0 fully saturated rings. The zero-order valence-electron chi connectivity index (χ0n) is 16.3. The topological polar surface area (TPSA) is 99.1 Å². The van der Waals surface area contributed by atoms with Gasteiger partial charge in [0.15, 0.2) is 10.8 Å². The number of nitrogens with one attached hydrogen (secondary N) is 1. The lowest BCUT2D eigenvalue weighted by atomic mass is 9.96. The molecule has 1 N–H and O–H groups in total. The quantitative estimate of drug-likeness (QED) is 0.529. The second-order valence-electron chi connectivity index (χ2n) is 7.31. The minimum atomic E-state index is -0.797. The molecule has 0 atom stereocenters. The van der Waals surface area contributed by atoms with Gasteiger partial charge in [0.2, 0.25) is 0 Å². The molecule has 3 aromatic rings. The van der Waals surface area contributed by atoms with Crippen molar-refractivity contribution in [3.63, 3.8) is 0 Å². The molecule has 148 valence electrons. The zero-order chi connectivity index (χ0) is 20.6. The second kappa shape index (κ2) is 7.27. The Bertz CT molecular complexity index is 1160. The summed E-state index contributed by atoms with van der Waals surface area (Å²) in [5.74, 6) is 1.60. The molecule has 0 aliphatic rings. The Balaban J connectivity index is 2.28. The van der Waals surface area contributed by atoms with Crippen molar-refractivity contribution in [1.82, 2.24) is 19.5 Å². The summed E-state index contributed by atoms with van der Waals surface area (Å²) in [7, 11) is 3.07. The third kappa shape index (κ3) is 3.60. The van der Waals surface area contributed by atoms with Crippen molar-refractivity contribution in [3.8, 4) is 11.5 Å². The normalized spacial score (nSPS) is 11.6. The molecule has 2 heterocycles. The number of fused-ring (bicyclic) bond motifs is 1. The van der Waals surface area contributed by atoms with Crippen LogP contribution in [0.1, 0.15) is 32.2 Å². The van der Waals surface area contributed by atoms with Crippen LogP contribution in [0.15, 0.2) is 27.8 Å². The minimum absolute atomic E-state index is 0.0728. The van der Waals surface area contributed by atoms with Crippen LogP contribution < -0.4 is 20.6 Å². The van der Waals surface area contributed by atoms with E-state index in [9.17, 15) is 9.59 Å². The van der Waals surface area contributed by atoms with E-state index in [-0.39, 0.29) is 22.9 Å². The molecule has 0 radical (unpaired) electrons. The van der Waals surface area contributed by atoms with E-state index in [1.54, 1.807) is 25.3 Å². The van der Waals surface area contributed by atoms with E-state index in [1.807, 2.05) is 20.8 Å². The maximum atomic E-state index is 12.6. The van der Waals surface area contributed by atoms with Crippen LogP contribution in [0.3, 0.4) is 0 Å². The molecule has 0 aliphatic carbocycles. The predicted octanol–water partition coefficient (Wildman–Crippen LogP) is 2.50. The summed E-state index contributed by atoms with van der Waals surface area (Å²) in [6, 6.07) is 5.23. The molecule has 0 saturated heterocycles. The Kier molecular flexibility index (Phi) is 5.16. The molecule has 0 bridgehead atoms. The number of H-pyrrole nitrogens is 1. The molecule has 28 heavy (non-hydrogen) atoms. The van der Waals surface area contributed by atoms with Crippen molar-refractivity contribution >= 4 is 22.8 Å². The third-order valence-corrected chi connectivity index (χ3v) is 4.55. The highest BCUT2D eigenvalue weighted by atomic mass is 35.5. The molecule has 1 aromatic carbocycles. The zero-order valence-corrected chi connectivity index (χ0v) is 17.0. The van der Waals surface area contributed by atoms with Crippen molar-refractivity contribution in [2.24, 2.45) is 0 Å². The Morgan fingerprint density at radius 3 is 2.46 bits per heavy atom. The van der Waals surface area contributed by atoms with Crippen LogP contribution in [0.4, 0.5) is 0 Å². The summed E-state index contributed by atoms with van der Waals surface area (Å²) in [6.07, 6.45) is 0. The molecule has 0 saturated carbocycles. The Hall–Kier alpha value is -2.87. The summed E-state index contributed by atoms with van der Waals surface area (Å²) in [4.78, 5) is 36.1. The number of halogens is 1. The van der Waals surface area contributed by atoms with Crippen molar-refractivity contribution in [1.29, 1.82) is 0 Å². The largest absolute Gasteiger partial charge is 0.497 e. The molecule has 0 spiro atoms. The molecule has 0 unspecified atom stereocenters. The number of hydrogen-bond acceptors (Lipinski definition) is 6. The Labute approximate surface area is 166 Å². The van der Waals surface area contributed by atoms with Crippen LogP contribution in [0.25, 0.3) is 11.2 Å². The minimum Gasteiger partial charge on any atom is -0.497 e. The molecular weight excluding hydrogens is 384 g/mol. The molecule has 9 heteroatoms. The first-order valence-electron chi connectivity index (χ1n) is 8.57. The van der Waals surface area contributed by atoms with Crippen LogP contribution >= 0.6 is 11.6 Å². The van der Waals surface area contributed by atoms with E-state index in [0.717, 1.165) is 0 Å². The van der Waals surface area contributed by atoms with Gasteiger partial charge in [0.25, 0.3) is 0 Å². The smallest absolute Gasteiger partial charge is 0.318 e. The van der Waals surface area contributed by atoms with Gasteiger partial charge in [-0.1, -0.05) is 32.4 Å². The Morgan fingerprint density at radius 2 is 1.86 bits per heavy atom. The number of ether oxygens (including phenoxy) is 2. The molecule has 0 aliphatic heterocycles. The number of hydrogen-bond donors (Lipinski definition) is 1. The van der Waals surface area contributed by atoms with Crippen molar-refractivity contribution in [2.45, 2.75) is 32.7 Å². The molecule has 2 aromatic heterocycles. The van der Waals surface area contributed by atoms with Gasteiger partial charge >= 0.3 is 11.1 Å². The van der Waals surface area contributed by atoms with Gasteiger partial charge in [0.05, 0.1) is 20.8 Å². The fourth-order valence-corrected chi connectivity index (χ4v) is 2.96. The number of nitrogens with zero attached hydrogens (tertiary/aromatic N) is 3. The number of benzene rings is 1. The van der Waals surface area contributed by atoms with Gasteiger partial charge in [0, 0.05) is 17.0 Å². The van der Waals surface area contributed by atoms with Crippen LogP contribution in [0.2, 0.25) is 5.15 Å². The standard InChI is InChI=1S/C19H21ClN4O4/c1-19(2,3)18-22-14(20)13-15(23-18)24(17(26)16(25)21-13)9-10-6-7-11(27-4)8-12(10)28-5/h6-8H,9H2,1-5H3,(H,21,25). The van der Waals surface area contributed by atoms with Crippen LogP contribution in [0.5, 0.6) is 11.5 Å². The number of methoxy groups -OCH3 is 2. The van der Waals surface area contributed by atoms with Crippen molar-refractivity contribution in [3.05, 3.63) is 55.4 Å². The fourth-order valence-electron chi connectivity index (χ4n) is 2.75. The van der Waals surface area contributed by atoms with E-state index in [2.05, 4.69) is 15.0 Å². The van der Waals surface area contributed by atoms with Crippen LogP contribution in [-0.4, -0.2) is 33.7 Å². The summed E-state index contributed by atoms with van der Waals surface area (Å²) in [6.45, 7) is 5.88. The molecule has 8 nitrogen and oxygen atoms in total. The van der Waals surface area contributed by atoms with Gasteiger partial charge < -0.3 is 14.5 Å². The fraction of sp³-hybridized carbons (Fsp3) is 0.368. The van der Waals surface area contributed by atoms with Gasteiger partial charge in [-0.2, -0.15) is 0 Å². The summed E-state index contributed by atoms with van der Waals surface area (Å²) in [5.41, 5.74) is -0.774. The monoisotopic (exact) mass is 404 g/mol. The van der Waals surface area contributed by atoms with E-state index in [4.69, 9.17) is 21.1 Å². The average molecular weight is 405 g/mol. The van der Waals surface area contributed by atoms with Gasteiger partial charge in [-0.25, -0.2) is 9.97 Å². The Morgan fingerprint density at radius 1 is 1.14 bits per heavy atom. The summed E-state index contributed by atoms with van der Waals surface area (Å²) < 4.78 is 11.9. The van der Waals surface area contributed by atoms with E-state index < -0.39 is 16.5 Å². The van der Waals surface area contributed by atoms with Crippen LogP contribution in [0, 0.1) is 0 Å². The van der Waals surface area contributed by atoms with Gasteiger partial charge in [0.1, 0.15) is 22.8 Å². The lowest BCUT2D eigenvalue weighted by molar-refractivity contribution is 0.390. The third-order valence-electron chi connectivity index (χ3n) is 4.27. The number of aromatic nitrogens is 4. The highest BCUT2D eigenvalue weighted by Crippen LogP contribution is 2.27. The number of rotatable bonds is 4. The lowest BCUT2D eigenvalue weighted by Crippen LogP contribution is -2.37. The lowest BCUT2D eigenvalue weighted by Gasteiger charge is -2.19. The van der Waals surface area contributed by atoms with E-state index in [1.165, 1.54) is 11.7 Å². The number of aromatic amines is 1. The average Bonchev–Trinajstić information content (AvgIpc) is 2.65. The summed E-state index contributed by atoms with van der Waals surface area (Å²) >= 11 is 6.29. The van der Waals surface area contributed by atoms with Gasteiger partial charge in [-0.3, -0.25) is 14.2 Å². The van der Waals surface area contributed by atoms with E-state index in [0.29, 0.717) is 22.9 Å². The second-order valence-corrected chi connectivity index (χ2v) is 7.67. The van der Waals surface area contributed by atoms with Gasteiger partial charge in [-0.05, 0) is 12.1 Å².